The molecule has 1 aromatic heterocycles. The van der Waals surface area contributed by atoms with Crippen molar-refractivity contribution in [1.82, 2.24) is 14.2 Å². The number of hydrogen-bond acceptors (Lipinski definition) is 5. The van der Waals surface area contributed by atoms with E-state index in [4.69, 9.17) is 0 Å². The molecular weight excluding hydrogens is 440 g/mol. The number of amides is 2. The highest BCUT2D eigenvalue weighted by molar-refractivity contribution is 7.89. The van der Waals surface area contributed by atoms with Gasteiger partial charge in [-0.15, -0.1) is 0 Å². The van der Waals surface area contributed by atoms with Gasteiger partial charge in [-0.05, 0) is 49.7 Å². The Morgan fingerprint density at radius 2 is 1.73 bits per heavy atom. The van der Waals surface area contributed by atoms with Crippen molar-refractivity contribution in [1.29, 1.82) is 0 Å². The van der Waals surface area contributed by atoms with Crippen LogP contribution < -0.4 is 5.32 Å². The van der Waals surface area contributed by atoms with Crippen molar-refractivity contribution in [2.45, 2.75) is 25.7 Å². The van der Waals surface area contributed by atoms with Crippen LogP contribution >= 0.6 is 0 Å². The van der Waals surface area contributed by atoms with Crippen LogP contribution in [0, 0.1) is 13.8 Å². The lowest BCUT2D eigenvalue weighted by atomic mass is 10.1. The highest BCUT2D eigenvalue weighted by Crippen LogP contribution is 2.26. The molecule has 4 rings (SSSR count). The summed E-state index contributed by atoms with van der Waals surface area (Å²) in [5.41, 5.74) is 3.73. The number of carbonyl (C=O) groups excluding carboxylic acids is 2. The van der Waals surface area contributed by atoms with Gasteiger partial charge < -0.3 is 10.2 Å². The van der Waals surface area contributed by atoms with Crippen molar-refractivity contribution in [3.05, 3.63) is 65.4 Å². The van der Waals surface area contributed by atoms with Crippen LogP contribution in [-0.2, 0) is 14.8 Å². The lowest BCUT2D eigenvalue weighted by molar-refractivity contribution is -0.129. The van der Waals surface area contributed by atoms with Gasteiger partial charge in [-0.2, -0.15) is 4.31 Å². The fraction of sp³-hybridized carbons (Fsp3) is 0.292. The molecule has 2 heterocycles. The molecule has 172 valence electrons. The van der Waals surface area contributed by atoms with Crippen LogP contribution in [0.5, 0.6) is 0 Å². The number of rotatable bonds is 4. The van der Waals surface area contributed by atoms with Crippen LogP contribution in [-0.4, -0.2) is 60.6 Å². The van der Waals surface area contributed by atoms with E-state index in [2.05, 4.69) is 10.3 Å². The first kappa shape index (κ1) is 22.9. The molecule has 0 aliphatic carbocycles. The molecule has 1 aliphatic rings. The van der Waals surface area contributed by atoms with Gasteiger partial charge in [0.15, 0.2) is 0 Å². The third kappa shape index (κ3) is 4.60. The van der Waals surface area contributed by atoms with Crippen molar-refractivity contribution < 1.29 is 18.0 Å². The summed E-state index contributed by atoms with van der Waals surface area (Å²) in [6, 6.07) is 11.8. The Labute approximate surface area is 193 Å². The monoisotopic (exact) mass is 466 g/mol. The Morgan fingerprint density at radius 3 is 2.42 bits per heavy atom. The molecular formula is C24H26N4O4S. The van der Waals surface area contributed by atoms with Gasteiger partial charge in [-0.3, -0.25) is 14.6 Å². The molecule has 1 fully saturated rings. The van der Waals surface area contributed by atoms with Gasteiger partial charge in [-0.1, -0.05) is 17.7 Å². The van der Waals surface area contributed by atoms with Gasteiger partial charge in [-0.25, -0.2) is 8.42 Å². The number of carbonyl (C=O) groups is 2. The van der Waals surface area contributed by atoms with E-state index in [1.807, 2.05) is 26.0 Å². The minimum Gasteiger partial charge on any atom is -0.340 e. The van der Waals surface area contributed by atoms with Crippen molar-refractivity contribution >= 4 is 38.4 Å². The fourth-order valence-corrected chi connectivity index (χ4v) is 5.58. The summed E-state index contributed by atoms with van der Waals surface area (Å²) in [7, 11) is -3.78. The lowest BCUT2D eigenvalue weighted by Crippen LogP contribution is -2.49. The second-order valence-corrected chi connectivity index (χ2v) is 10.2. The highest BCUT2D eigenvalue weighted by Gasteiger charge is 2.29. The lowest BCUT2D eigenvalue weighted by Gasteiger charge is -2.33. The van der Waals surface area contributed by atoms with Crippen molar-refractivity contribution in [2.24, 2.45) is 0 Å². The second kappa shape index (κ2) is 8.92. The third-order valence-corrected chi connectivity index (χ3v) is 7.74. The van der Waals surface area contributed by atoms with E-state index in [0.717, 1.165) is 22.0 Å². The normalized spacial score (nSPS) is 14.9. The average Bonchev–Trinajstić information content (AvgIpc) is 2.79. The van der Waals surface area contributed by atoms with E-state index in [1.165, 1.54) is 23.4 Å². The van der Waals surface area contributed by atoms with E-state index in [9.17, 15) is 18.0 Å². The molecule has 8 nitrogen and oxygen atoms in total. The summed E-state index contributed by atoms with van der Waals surface area (Å²) >= 11 is 0. The Kier molecular flexibility index (Phi) is 6.18. The van der Waals surface area contributed by atoms with E-state index in [1.54, 1.807) is 29.3 Å². The van der Waals surface area contributed by atoms with E-state index >= 15 is 0 Å². The first-order chi connectivity index (χ1) is 15.7. The van der Waals surface area contributed by atoms with E-state index in [-0.39, 0.29) is 29.5 Å². The molecule has 3 aromatic rings. The Hall–Kier alpha value is -3.30. The number of aryl methyl sites for hydroxylation is 2. The predicted molar refractivity (Wildman–Crippen MR) is 127 cm³/mol. The van der Waals surface area contributed by atoms with E-state index in [0.29, 0.717) is 18.8 Å². The predicted octanol–water partition coefficient (Wildman–Crippen LogP) is 2.96. The van der Waals surface area contributed by atoms with Crippen LogP contribution in [0.1, 0.15) is 28.4 Å². The smallest absolute Gasteiger partial charge is 0.255 e. The van der Waals surface area contributed by atoms with Crippen LogP contribution in [0.4, 0.5) is 5.69 Å². The van der Waals surface area contributed by atoms with Crippen molar-refractivity contribution in [2.75, 3.05) is 31.5 Å². The summed E-state index contributed by atoms with van der Waals surface area (Å²) < 4.78 is 27.6. The number of fused-ring (bicyclic) bond motifs is 1. The minimum atomic E-state index is -3.78. The van der Waals surface area contributed by atoms with Crippen LogP contribution in [0.25, 0.3) is 10.9 Å². The molecule has 2 amide bonds. The number of sulfonamides is 1. The van der Waals surface area contributed by atoms with Gasteiger partial charge in [0.25, 0.3) is 5.91 Å². The van der Waals surface area contributed by atoms with Crippen molar-refractivity contribution in [3.63, 3.8) is 0 Å². The third-order valence-electron chi connectivity index (χ3n) is 5.85. The maximum absolute atomic E-state index is 13.1. The average molecular weight is 467 g/mol. The van der Waals surface area contributed by atoms with Crippen LogP contribution in [0.15, 0.2) is 53.6 Å². The Balaban J connectivity index is 1.58. The van der Waals surface area contributed by atoms with E-state index < -0.39 is 15.9 Å². The molecule has 0 atom stereocenters. The van der Waals surface area contributed by atoms with Gasteiger partial charge in [0, 0.05) is 50.2 Å². The first-order valence-electron chi connectivity index (χ1n) is 10.7. The second-order valence-electron chi connectivity index (χ2n) is 8.23. The van der Waals surface area contributed by atoms with Gasteiger partial charge in [0.05, 0.1) is 16.1 Å². The molecule has 1 N–H and O–H groups in total. The first-order valence-corrected chi connectivity index (χ1v) is 12.1. The molecule has 1 aliphatic heterocycles. The number of benzene rings is 2. The molecule has 33 heavy (non-hydrogen) atoms. The minimum absolute atomic E-state index is 0.0534. The largest absolute Gasteiger partial charge is 0.340 e. The van der Waals surface area contributed by atoms with Gasteiger partial charge in [0.2, 0.25) is 15.9 Å². The molecule has 0 radical (unpaired) electrons. The summed E-state index contributed by atoms with van der Waals surface area (Å²) in [5, 5.41) is 3.73. The zero-order valence-electron chi connectivity index (χ0n) is 18.8. The van der Waals surface area contributed by atoms with Crippen LogP contribution in [0.3, 0.4) is 0 Å². The molecule has 2 aromatic carbocycles. The standard InChI is InChI=1S/C24H26N4O4S/c1-16-13-17(2)23-21(14-16)22(7-8-25-23)26-24(30)19-5-4-6-20(15-19)33(31,32)28-11-9-27(10-12-28)18(3)29/h4-8,13-15H,9-12H2,1-3H3,(H,25,26,30). The molecule has 1 saturated heterocycles. The number of hydrogen-bond donors (Lipinski definition) is 1. The summed E-state index contributed by atoms with van der Waals surface area (Å²) in [4.78, 5) is 30.6. The van der Waals surface area contributed by atoms with Crippen LogP contribution in [0.2, 0.25) is 0 Å². The quantitative estimate of drug-likeness (QED) is 0.637. The van der Waals surface area contributed by atoms with Gasteiger partial charge in [0.1, 0.15) is 0 Å². The fourth-order valence-electron chi connectivity index (χ4n) is 4.11. The Morgan fingerprint density at radius 1 is 1.00 bits per heavy atom. The SMILES string of the molecule is CC(=O)N1CCN(S(=O)(=O)c2cccc(C(=O)Nc3ccnc4c(C)cc(C)cc34)c2)CC1. The van der Waals surface area contributed by atoms with Gasteiger partial charge >= 0.3 is 0 Å². The summed E-state index contributed by atoms with van der Waals surface area (Å²) in [5.74, 6) is -0.472. The summed E-state index contributed by atoms with van der Waals surface area (Å²) in [6.07, 6.45) is 1.64. The number of anilines is 1. The molecule has 0 saturated carbocycles. The zero-order chi connectivity index (χ0) is 23.8. The number of nitrogens with zero attached hydrogens (tertiary/aromatic N) is 3. The number of piperazine rings is 1. The number of pyridine rings is 1. The summed E-state index contributed by atoms with van der Waals surface area (Å²) in [6.45, 7) is 6.57. The zero-order valence-corrected chi connectivity index (χ0v) is 19.6. The number of nitrogens with one attached hydrogen (secondary N) is 1. The molecule has 0 unspecified atom stereocenters. The maximum Gasteiger partial charge on any atom is 0.255 e. The molecule has 0 spiro atoms. The number of aromatic nitrogens is 1. The molecule has 9 heteroatoms. The topological polar surface area (TPSA) is 99.7 Å². The van der Waals surface area contributed by atoms with Crippen molar-refractivity contribution in [3.8, 4) is 0 Å². The maximum atomic E-state index is 13.1. The highest BCUT2D eigenvalue weighted by atomic mass is 32.2. The molecule has 0 bridgehead atoms. The Bertz CT molecular complexity index is 1350.